The molecule has 0 radical (unpaired) electrons. The van der Waals surface area contributed by atoms with Crippen LogP contribution in [0.2, 0.25) is 0 Å². The van der Waals surface area contributed by atoms with E-state index in [1.807, 2.05) is 0 Å². The quantitative estimate of drug-likeness (QED) is 0.625. The van der Waals surface area contributed by atoms with E-state index in [1.54, 1.807) is 20.8 Å². The van der Waals surface area contributed by atoms with Gasteiger partial charge in [-0.2, -0.15) is 0 Å². The van der Waals surface area contributed by atoms with Crippen LogP contribution in [-0.2, 0) is 9.63 Å². The molecule has 1 saturated heterocycles. The van der Waals surface area contributed by atoms with E-state index in [2.05, 4.69) is 0 Å². The van der Waals surface area contributed by atoms with Gasteiger partial charge in [-0.15, -0.1) is 5.06 Å². The third-order valence-corrected chi connectivity index (χ3v) is 3.35. The van der Waals surface area contributed by atoms with Crippen LogP contribution in [0.15, 0.2) is 18.2 Å². The molecule has 1 aromatic rings. The van der Waals surface area contributed by atoms with Gasteiger partial charge >= 0.3 is 5.97 Å². The Morgan fingerprint density at radius 2 is 2.13 bits per heavy atom. The van der Waals surface area contributed by atoms with Gasteiger partial charge in [-0.1, -0.05) is 0 Å². The van der Waals surface area contributed by atoms with Gasteiger partial charge in [0.1, 0.15) is 6.10 Å². The molecule has 0 aromatic heterocycles. The predicted molar refractivity (Wildman–Crippen MR) is 79.2 cm³/mol. The van der Waals surface area contributed by atoms with Crippen molar-refractivity contribution in [1.29, 1.82) is 0 Å². The molecule has 1 aromatic carbocycles. The average molecular weight is 326 g/mol. The first-order valence-corrected chi connectivity index (χ1v) is 7.25. The van der Waals surface area contributed by atoms with Crippen molar-refractivity contribution >= 4 is 11.7 Å². The average Bonchev–Trinajstić information content (AvgIpc) is 2.87. The fourth-order valence-corrected chi connectivity index (χ4v) is 2.01. The molecule has 0 spiro atoms. The van der Waals surface area contributed by atoms with Crippen molar-refractivity contribution < 1.29 is 23.7 Å². The number of hydrogen-bond donors (Lipinski definition) is 0. The normalized spacial score (nSPS) is 18.7. The Kier molecular flexibility index (Phi) is 4.84. The van der Waals surface area contributed by atoms with E-state index in [0.717, 1.165) is 18.2 Å². The van der Waals surface area contributed by atoms with Crippen LogP contribution >= 0.6 is 0 Å². The lowest BCUT2D eigenvalue weighted by atomic mass is 9.98. The maximum atomic E-state index is 13.7. The van der Waals surface area contributed by atoms with Gasteiger partial charge in [0.25, 0.3) is 5.69 Å². The number of nitrogens with zero attached hydrogens (tertiary/aromatic N) is 2. The molecule has 0 aliphatic carbocycles. The summed E-state index contributed by atoms with van der Waals surface area (Å²) in [4.78, 5) is 27.2. The van der Waals surface area contributed by atoms with Crippen LogP contribution in [0, 0.1) is 21.3 Å². The van der Waals surface area contributed by atoms with E-state index in [4.69, 9.17) is 9.57 Å². The van der Waals surface area contributed by atoms with Crippen LogP contribution in [0.4, 0.5) is 10.1 Å². The number of carbonyl (C=O) groups is 1. The zero-order chi connectivity index (χ0) is 17.2. The number of nitro benzene ring substituents is 1. The van der Waals surface area contributed by atoms with Crippen molar-refractivity contribution in [1.82, 2.24) is 5.06 Å². The molecule has 126 valence electrons. The van der Waals surface area contributed by atoms with Crippen molar-refractivity contribution in [2.75, 3.05) is 13.1 Å². The molecule has 0 N–H and O–H groups in total. The SMILES string of the molecule is CC(C)(C)C(=O)ON1CC[C@H](Oc2cc([N+](=O)[O-])ccc2F)C1. The summed E-state index contributed by atoms with van der Waals surface area (Å²) in [5, 5.41) is 12.2. The minimum Gasteiger partial charge on any atom is -0.486 e. The summed E-state index contributed by atoms with van der Waals surface area (Å²) in [5.41, 5.74) is -0.860. The van der Waals surface area contributed by atoms with Crippen molar-refractivity contribution in [2.45, 2.75) is 33.3 Å². The monoisotopic (exact) mass is 326 g/mol. The standard InChI is InChI=1S/C15H19FN2O5/c1-15(2,3)14(19)23-17-7-6-11(9-17)22-13-8-10(18(20)21)4-5-12(13)16/h4-5,8,11H,6-7,9H2,1-3H3/t11-/m0/s1. The second-order valence-corrected chi connectivity index (χ2v) is 6.42. The number of halogens is 1. The zero-order valence-corrected chi connectivity index (χ0v) is 13.2. The first-order chi connectivity index (χ1) is 10.7. The maximum Gasteiger partial charge on any atom is 0.330 e. The Morgan fingerprint density at radius 3 is 2.74 bits per heavy atom. The van der Waals surface area contributed by atoms with Crippen molar-refractivity contribution in [3.8, 4) is 5.75 Å². The summed E-state index contributed by atoms with van der Waals surface area (Å²) in [6.07, 6.45) is 0.124. The van der Waals surface area contributed by atoms with Gasteiger partial charge in [-0.05, 0) is 26.8 Å². The van der Waals surface area contributed by atoms with E-state index < -0.39 is 22.3 Å². The molecule has 2 rings (SSSR count). The predicted octanol–water partition coefficient (Wildman–Crippen LogP) is 2.69. The molecule has 23 heavy (non-hydrogen) atoms. The number of nitro groups is 1. The molecule has 1 aliphatic rings. The van der Waals surface area contributed by atoms with Gasteiger partial charge in [0.2, 0.25) is 0 Å². The highest BCUT2D eigenvalue weighted by Crippen LogP contribution is 2.27. The molecule has 0 bridgehead atoms. The molecule has 0 saturated carbocycles. The number of carbonyl (C=O) groups excluding carboxylic acids is 1. The van der Waals surface area contributed by atoms with Crippen LogP contribution in [0.5, 0.6) is 5.75 Å². The highest BCUT2D eigenvalue weighted by molar-refractivity contribution is 5.75. The van der Waals surface area contributed by atoms with Gasteiger partial charge in [-0.3, -0.25) is 10.1 Å². The highest BCUT2D eigenvalue weighted by atomic mass is 19.1. The summed E-state index contributed by atoms with van der Waals surface area (Å²) < 4.78 is 19.2. The van der Waals surface area contributed by atoms with Gasteiger partial charge in [0, 0.05) is 19.0 Å². The summed E-state index contributed by atoms with van der Waals surface area (Å²) in [5.74, 6) is -1.20. The summed E-state index contributed by atoms with van der Waals surface area (Å²) >= 11 is 0. The molecule has 0 amide bonds. The van der Waals surface area contributed by atoms with Gasteiger partial charge < -0.3 is 9.57 Å². The van der Waals surface area contributed by atoms with Crippen molar-refractivity contribution in [2.24, 2.45) is 5.41 Å². The zero-order valence-electron chi connectivity index (χ0n) is 13.2. The molecule has 1 atom stereocenters. The molecule has 1 fully saturated rings. The maximum absolute atomic E-state index is 13.7. The molecule has 0 unspecified atom stereocenters. The molecule has 8 heteroatoms. The Hall–Kier alpha value is -2.22. The van der Waals surface area contributed by atoms with Crippen LogP contribution in [0.3, 0.4) is 0 Å². The van der Waals surface area contributed by atoms with Crippen LogP contribution < -0.4 is 4.74 Å². The Bertz CT molecular complexity index is 614. The lowest BCUT2D eigenvalue weighted by Gasteiger charge is -2.22. The number of non-ortho nitro benzene ring substituents is 1. The van der Waals surface area contributed by atoms with Crippen LogP contribution in [0.1, 0.15) is 27.2 Å². The molecular formula is C15H19FN2O5. The lowest BCUT2D eigenvalue weighted by molar-refractivity contribution is -0.385. The van der Waals surface area contributed by atoms with E-state index in [-0.39, 0.29) is 24.0 Å². The summed E-state index contributed by atoms with van der Waals surface area (Å²) in [7, 11) is 0. The van der Waals surface area contributed by atoms with E-state index >= 15 is 0 Å². The largest absolute Gasteiger partial charge is 0.486 e. The van der Waals surface area contributed by atoms with Gasteiger partial charge in [0.15, 0.2) is 11.6 Å². The smallest absolute Gasteiger partial charge is 0.330 e. The minimum absolute atomic E-state index is 0.173. The topological polar surface area (TPSA) is 81.9 Å². The Labute approximate surface area is 133 Å². The molecule has 7 nitrogen and oxygen atoms in total. The number of rotatable bonds is 4. The third kappa shape index (κ3) is 4.38. The van der Waals surface area contributed by atoms with Gasteiger partial charge in [0.05, 0.1) is 22.9 Å². The highest BCUT2D eigenvalue weighted by Gasteiger charge is 2.31. The van der Waals surface area contributed by atoms with Crippen LogP contribution in [0.25, 0.3) is 0 Å². The number of benzene rings is 1. The van der Waals surface area contributed by atoms with Crippen molar-refractivity contribution in [3.05, 3.63) is 34.1 Å². The molecule has 1 aliphatic heterocycles. The second kappa shape index (κ2) is 6.49. The third-order valence-electron chi connectivity index (χ3n) is 3.35. The first-order valence-electron chi connectivity index (χ1n) is 7.25. The van der Waals surface area contributed by atoms with E-state index in [1.165, 1.54) is 5.06 Å². The first kappa shape index (κ1) is 17.1. The molecule has 1 heterocycles. The number of hydroxylamine groups is 2. The number of ether oxygens (including phenoxy) is 1. The minimum atomic E-state index is -0.666. The van der Waals surface area contributed by atoms with E-state index in [9.17, 15) is 19.3 Å². The summed E-state index contributed by atoms with van der Waals surface area (Å²) in [6.45, 7) is 5.99. The summed E-state index contributed by atoms with van der Waals surface area (Å²) in [6, 6.07) is 3.13. The Balaban J connectivity index is 1.97. The van der Waals surface area contributed by atoms with Crippen molar-refractivity contribution in [3.63, 3.8) is 0 Å². The van der Waals surface area contributed by atoms with Gasteiger partial charge in [-0.25, -0.2) is 9.18 Å². The lowest BCUT2D eigenvalue weighted by Crippen LogP contribution is -2.33. The molecular weight excluding hydrogens is 307 g/mol. The fraction of sp³-hybridized carbons (Fsp3) is 0.533. The van der Waals surface area contributed by atoms with E-state index in [0.29, 0.717) is 13.0 Å². The second-order valence-electron chi connectivity index (χ2n) is 6.42. The fourth-order valence-electron chi connectivity index (χ4n) is 2.01. The van der Waals surface area contributed by atoms with Crippen LogP contribution in [-0.4, -0.2) is 35.1 Å². The Morgan fingerprint density at radius 1 is 1.43 bits per heavy atom. The number of hydrogen-bond acceptors (Lipinski definition) is 6.